The van der Waals surface area contributed by atoms with E-state index in [1.807, 2.05) is 0 Å². The molecule has 1 nitrogen and oxygen atoms in total. The van der Waals surface area contributed by atoms with Crippen molar-refractivity contribution in [3.8, 4) is 0 Å². The maximum atomic E-state index is 14.6. The van der Waals surface area contributed by atoms with E-state index in [0.29, 0.717) is 30.1 Å². The number of rotatable bonds is 2. The molecular formula is C22H34F2O. The molecule has 9 atom stereocenters. The molecule has 5 rings (SSSR count). The normalized spacial score (nSPS) is 59.8. The zero-order valence-corrected chi connectivity index (χ0v) is 15.8. The van der Waals surface area contributed by atoms with Gasteiger partial charge in [0, 0.05) is 5.41 Å². The topological polar surface area (TPSA) is 20.2 Å². The van der Waals surface area contributed by atoms with Gasteiger partial charge < -0.3 is 5.11 Å². The van der Waals surface area contributed by atoms with E-state index in [4.69, 9.17) is 0 Å². The minimum atomic E-state index is -2.21. The van der Waals surface area contributed by atoms with Crippen molar-refractivity contribution < 1.29 is 13.9 Å². The van der Waals surface area contributed by atoms with E-state index in [1.165, 1.54) is 19.3 Å². The van der Waals surface area contributed by atoms with Crippen molar-refractivity contribution in [3.05, 3.63) is 0 Å². The summed E-state index contributed by atoms with van der Waals surface area (Å²) in [7, 11) is 0. The van der Waals surface area contributed by atoms with Crippen molar-refractivity contribution in [1.82, 2.24) is 0 Å². The van der Waals surface area contributed by atoms with Gasteiger partial charge in [-0.15, -0.1) is 0 Å². The molecule has 5 aliphatic carbocycles. The third-order valence-corrected chi connectivity index (χ3v) is 10.3. The first kappa shape index (κ1) is 17.0. The van der Waals surface area contributed by atoms with Gasteiger partial charge in [-0.3, -0.25) is 0 Å². The summed E-state index contributed by atoms with van der Waals surface area (Å²) < 4.78 is 29.3. The molecule has 5 saturated carbocycles. The van der Waals surface area contributed by atoms with Crippen LogP contribution < -0.4 is 0 Å². The minimum absolute atomic E-state index is 0.0835. The fourth-order valence-electron chi connectivity index (χ4n) is 8.99. The molecule has 0 saturated heterocycles. The molecule has 5 fully saturated rings. The van der Waals surface area contributed by atoms with Gasteiger partial charge >= 0.3 is 0 Å². The van der Waals surface area contributed by atoms with E-state index in [2.05, 4.69) is 13.8 Å². The summed E-state index contributed by atoms with van der Waals surface area (Å²) >= 11 is 0. The first-order chi connectivity index (χ1) is 11.9. The van der Waals surface area contributed by atoms with Crippen LogP contribution >= 0.6 is 0 Å². The van der Waals surface area contributed by atoms with E-state index in [9.17, 15) is 13.9 Å². The van der Waals surface area contributed by atoms with Crippen molar-refractivity contribution in [3.63, 3.8) is 0 Å². The van der Waals surface area contributed by atoms with E-state index >= 15 is 0 Å². The third-order valence-electron chi connectivity index (χ3n) is 10.3. The Morgan fingerprint density at radius 1 is 0.920 bits per heavy atom. The Bertz CT molecular complexity index is 564. The summed E-state index contributed by atoms with van der Waals surface area (Å²) in [4.78, 5) is 0. The lowest BCUT2D eigenvalue weighted by molar-refractivity contribution is -0.196. The fourth-order valence-corrected chi connectivity index (χ4v) is 8.99. The highest BCUT2D eigenvalue weighted by molar-refractivity contribution is 5.20. The van der Waals surface area contributed by atoms with Gasteiger partial charge in [0.25, 0.3) is 0 Å². The second-order valence-electron chi connectivity index (χ2n) is 10.6. The van der Waals surface area contributed by atoms with Gasteiger partial charge in [-0.1, -0.05) is 20.3 Å². The Kier molecular flexibility index (Phi) is 3.53. The van der Waals surface area contributed by atoms with Crippen LogP contribution in [0.25, 0.3) is 0 Å². The van der Waals surface area contributed by atoms with Crippen LogP contribution in [0.15, 0.2) is 0 Å². The van der Waals surface area contributed by atoms with Gasteiger partial charge in [-0.2, -0.15) is 0 Å². The molecule has 142 valence electrons. The fraction of sp³-hybridized carbons (Fsp3) is 1.00. The zero-order valence-electron chi connectivity index (χ0n) is 15.8. The Labute approximate surface area is 150 Å². The maximum absolute atomic E-state index is 14.6. The Balaban J connectivity index is 1.50. The van der Waals surface area contributed by atoms with Crippen LogP contribution in [0.5, 0.6) is 0 Å². The first-order valence-corrected chi connectivity index (χ1v) is 10.9. The second-order valence-corrected chi connectivity index (χ2v) is 10.6. The summed E-state index contributed by atoms with van der Waals surface area (Å²) in [6.45, 7) is 4.80. The van der Waals surface area contributed by atoms with Gasteiger partial charge in [0.05, 0.1) is 5.60 Å². The van der Waals surface area contributed by atoms with Crippen LogP contribution in [0.2, 0.25) is 0 Å². The molecule has 0 heterocycles. The van der Waals surface area contributed by atoms with E-state index < -0.39 is 17.4 Å². The molecule has 0 aromatic carbocycles. The SMILES string of the molecule is CCC1CC[C@H]2[C@@H]3CCC4C5C[C@@]5(O)CC[C@]4(C(F)F)[C@H]3CC[C@]12C. The van der Waals surface area contributed by atoms with Crippen molar-refractivity contribution in [2.45, 2.75) is 90.1 Å². The third kappa shape index (κ3) is 1.97. The zero-order chi connectivity index (χ0) is 17.6. The molecule has 0 aliphatic heterocycles. The smallest absolute Gasteiger partial charge is 0.244 e. The number of hydrogen-bond donors (Lipinski definition) is 1. The lowest BCUT2D eigenvalue weighted by Crippen LogP contribution is -2.58. The number of hydrogen-bond acceptors (Lipinski definition) is 1. The predicted molar refractivity (Wildman–Crippen MR) is 94.3 cm³/mol. The van der Waals surface area contributed by atoms with Crippen molar-refractivity contribution in [1.29, 1.82) is 0 Å². The number of fused-ring (bicyclic) bond motifs is 7. The van der Waals surface area contributed by atoms with Crippen molar-refractivity contribution in [2.24, 2.45) is 46.3 Å². The molecule has 3 heteroatoms. The van der Waals surface area contributed by atoms with Crippen LogP contribution in [-0.4, -0.2) is 17.1 Å². The molecule has 3 unspecified atom stereocenters. The monoisotopic (exact) mass is 352 g/mol. The summed E-state index contributed by atoms with van der Waals surface area (Å²) in [5.74, 6) is 2.47. The van der Waals surface area contributed by atoms with Crippen LogP contribution in [0.3, 0.4) is 0 Å². The molecule has 5 aliphatic rings. The van der Waals surface area contributed by atoms with Crippen molar-refractivity contribution in [2.75, 3.05) is 0 Å². The van der Waals surface area contributed by atoms with Crippen molar-refractivity contribution >= 4 is 0 Å². The molecule has 0 amide bonds. The van der Waals surface area contributed by atoms with Crippen LogP contribution in [0, 0.1) is 46.3 Å². The van der Waals surface area contributed by atoms with Crippen LogP contribution in [0.1, 0.15) is 78.1 Å². The molecular weight excluding hydrogens is 318 g/mol. The summed E-state index contributed by atoms with van der Waals surface area (Å²) in [6, 6.07) is 0. The van der Waals surface area contributed by atoms with Gasteiger partial charge in [0.1, 0.15) is 0 Å². The van der Waals surface area contributed by atoms with Gasteiger partial charge in [0.2, 0.25) is 6.43 Å². The first-order valence-electron chi connectivity index (χ1n) is 10.9. The van der Waals surface area contributed by atoms with Crippen LogP contribution in [-0.2, 0) is 0 Å². The van der Waals surface area contributed by atoms with Gasteiger partial charge in [-0.05, 0) is 98.7 Å². The molecule has 1 N–H and O–H groups in total. The Hall–Kier alpha value is -0.180. The molecule has 0 aromatic heterocycles. The number of aliphatic hydroxyl groups is 1. The highest BCUT2D eigenvalue weighted by Gasteiger charge is 2.72. The Morgan fingerprint density at radius 2 is 1.68 bits per heavy atom. The molecule has 0 radical (unpaired) electrons. The lowest BCUT2D eigenvalue weighted by Gasteiger charge is -2.61. The number of alkyl halides is 2. The standard InChI is InChI=1S/C22H34F2O/c1-3-13-4-6-15-14-5-7-17-18-12-21(18,25)10-11-22(17,19(23)24)16(14)8-9-20(13,15)2/h13-19,25H,3-12H2,1-2H3/t13?,14-,15-,16-,17?,18?,20+,21-,22-/m0/s1. The van der Waals surface area contributed by atoms with E-state index in [-0.39, 0.29) is 17.8 Å². The summed E-state index contributed by atoms with van der Waals surface area (Å²) in [5.41, 5.74) is -0.942. The average Bonchev–Trinajstić information content (AvgIpc) is 3.16. The van der Waals surface area contributed by atoms with Gasteiger partial charge in [0.15, 0.2) is 0 Å². The molecule has 25 heavy (non-hydrogen) atoms. The minimum Gasteiger partial charge on any atom is -0.390 e. The largest absolute Gasteiger partial charge is 0.390 e. The average molecular weight is 353 g/mol. The second kappa shape index (κ2) is 5.20. The van der Waals surface area contributed by atoms with Crippen LogP contribution in [0.4, 0.5) is 8.78 Å². The highest BCUT2D eigenvalue weighted by Crippen LogP contribution is 2.74. The number of halogens is 2. The quantitative estimate of drug-likeness (QED) is 0.680. The molecule has 0 aromatic rings. The van der Waals surface area contributed by atoms with E-state index in [1.54, 1.807) is 0 Å². The highest BCUT2D eigenvalue weighted by atomic mass is 19.3. The molecule has 0 spiro atoms. The van der Waals surface area contributed by atoms with Gasteiger partial charge in [-0.25, -0.2) is 8.78 Å². The lowest BCUT2D eigenvalue weighted by atomic mass is 9.44. The summed E-state index contributed by atoms with van der Waals surface area (Å²) in [5, 5.41) is 10.6. The molecule has 0 bridgehead atoms. The maximum Gasteiger partial charge on any atom is 0.244 e. The van der Waals surface area contributed by atoms with E-state index in [0.717, 1.165) is 38.0 Å². The predicted octanol–water partition coefficient (Wildman–Crippen LogP) is 5.66. The Morgan fingerprint density at radius 3 is 2.40 bits per heavy atom. The summed E-state index contributed by atoms with van der Waals surface area (Å²) in [6.07, 6.45) is 7.89.